The van der Waals surface area contributed by atoms with E-state index in [1.807, 2.05) is 4.90 Å². The number of hydrogen-bond donors (Lipinski definition) is 1. The van der Waals surface area contributed by atoms with Crippen LogP contribution in [0.1, 0.15) is 15.9 Å². The Kier molecular flexibility index (Phi) is 7.45. The van der Waals surface area contributed by atoms with Crippen LogP contribution in [0.4, 0.5) is 14.5 Å². The average Bonchev–Trinajstić information content (AvgIpc) is 2.92. The van der Waals surface area contributed by atoms with Crippen LogP contribution in [0.2, 0.25) is 0 Å². The summed E-state index contributed by atoms with van der Waals surface area (Å²) >= 11 is 0. The number of para-hydroxylation sites is 1. The van der Waals surface area contributed by atoms with Crippen LogP contribution < -0.4 is 9.46 Å². The van der Waals surface area contributed by atoms with Gasteiger partial charge in [0, 0.05) is 55.9 Å². The van der Waals surface area contributed by atoms with Gasteiger partial charge in [-0.2, -0.15) is 0 Å². The first-order valence-corrected chi connectivity index (χ1v) is 13.7. The van der Waals surface area contributed by atoms with Crippen LogP contribution in [-0.4, -0.2) is 62.4 Å². The van der Waals surface area contributed by atoms with E-state index in [2.05, 4.69) is 9.71 Å². The summed E-state index contributed by atoms with van der Waals surface area (Å²) in [6.07, 6.45) is 1.53. The number of amides is 1. The number of carbonyl (C=O) groups excluding carboxylic acids is 1. The maximum atomic E-state index is 13.5. The van der Waals surface area contributed by atoms with Crippen LogP contribution in [0.25, 0.3) is 10.9 Å². The Morgan fingerprint density at radius 1 is 0.974 bits per heavy atom. The fourth-order valence-corrected chi connectivity index (χ4v) is 5.90. The lowest BCUT2D eigenvalue weighted by Gasteiger charge is -2.35. The van der Waals surface area contributed by atoms with Crippen molar-refractivity contribution in [1.82, 2.24) is 14.8 Å². The minimum Gasteiger partial charge on any atom is -0.495 e. The van der Waals surface area contributed by atoms with E-state index in [1.165, 1.54) is 43.6 Å². The molecule has 0 bridgehead atoms. The van der Waals surface area contributed by atoms with Gasteiger partial charge in [0.25, 0.3) is 15.9 Å². The van der Waals surface area contributed by atoms with E-state index in [4.69, 9.17) is 4.74 Å². The SMILES string of the molecule is COc1cc(C(=O)N2CCN(Cc3cc(F)cc(F)c3)CC2)ccc1NS(=O)(=O)c1cccc2cccnc12. The van der Waals surface area contributed by atoms with Crippen LogP contribution in [0.3, 0.4) is 0 Å². The molecule has 3 aromatic carbocycles. The topological polar surface area (TPSA) is 91.8 Å². The van der Waals surface area contributed by atoms with Crippen LogP contribution >= 0.6 is 0 Å². The third kappa shape index (κ3) is 5.84. The van der Waals surface area contributed by atoms with Crippen molar-refractivity contribution in [2.24, 2.45) is 0 Å². The highest BCUT2D eigenvalue weighted by Crippen LogP contribution is 2.30. The van der Waals surface area contributed by atoms with Gasteiger partial charge in [0.1, 0.15) is 22.3 Å². The van der Waals surface area contributed by atoms with Crippen molar-refractivity contribution in [3.8, 4) is 5.75 Å². The summed E-state index contributed by atoms with van der Waals surface area (Å²) in [5, 5.41) is 0.691. The van der Waals surface area contributed by atoms with E-state index < -0.39 is 21.7 Å². The van der Waals surface area contributed by atoms with Crippen LogP contribution in [0.15, 0.2) is 77.8 Å². The molecule has 1 aliphatic heterocycles. The molecule has 1 amide bonds. The minimum atomic E-state index is -4.00. The van der Waals surface area contributed by atoms with E-state index in [1.54, 1.807) is 35.2 Å². The lowest BCUT2D eigenvalue weighted by atomic mass is 10.1. The van der Waals surface area contributed by atoms with Crippen molar-refractivity contribution in [1.29, 1.82) is 0 Å². The molecule has 8 nitrogen and oxygen atoms in total. The summed E-state index contributed by atoms with van der Waals surface area (Å²) in [7, 11) is -2.61. The predicted molar refractivity (Wildman–Crippen MR) is 143 cm³/mol. The van der Waals surface area contributed by atoms with Crippen molar-refractivity contribution in [3.63, 3.8) is 0 Å². The predicted octanol–water partition coefficient (Wildman–Crippen LogP) is 4.28. The number of nitrogens with zero attached hydrogens (tertiary/aromatic N) is 3. The average molecular weight is 553 g/mol. The van der Waals surface area contributed by atoms with Gasteiger partial charge < -0.3 is 9.64 Å². The summed E-state index contributed by atoms with van der Waals surface area (Å²) in [5.41, 5.74) is 1.42. The molecule has 2 heterocycles. The van der Waals surface area contributed by atoms with Crippen molar-refractivity contribution in [2.45, 2.75) is 11.4 Å². The molecule has 0 atom stereocenters. The molecule has 1 aromatic heterocycles. The molecule has 39 heavy (non-hydrogen) atoms. The number of aromatic nitrogens is 1. The number of pyridine rings is 1. The molecule has 5 rings (SSSR count). The highest BCUT2D eigenvalue weighted by molar-refractivity contribution is 7.93. The Morgan fingerprint density at radius 2 is 1.69 bits per heavy atom. The molecule has 0 saturated carbocycles. The maximum Gasteiger partial charge on any atom is 0.264 e. The number of hydrogen-bond acceptors (Lipinski definition) is 6. The van der Waals surface area contributed by atoms with Crippen LogP contribution in [0, 0.1) is 11.6 Å². The fraction of sp³-hybridized carbons (Fsp3) is 0.214. The number of ether oxygens (including phenoxy) is 1. The molecule has 4 aromatic rings. The normalized spacial score (nSPS) is 14.4. The molecule has 1 aliphatic rings. The van der Waals surface area contributed by atoms with Gasteiger partial charge in [-0.05, 0) is 48.0 Å². The van der Waals surface area contributed by atoms with Crippen molar-refractivity contribution >= 4 is 32.5 Å². The molecular formula is C28H26F2N4O4S. The Morgan fingerprint density at radius 3 is 2.41 bits per heavy atom. The van der Waals surface area contributed by atoms with Gasteiger partial charge >= 0.3 is 0 Å². The molecule has 1 N–H and O–H groups in total. The molecule has 0 aliphatic carbocycles. The van der Waals surface area contributed by atoms with Gasteiger partial charge in [-0.3, -0.25) is 19.4 Å². The van der Waals surface area contributed by atoms with Crippen molar-refractivity contribution in [3.05, 3.63) is 95.7 Å². The zero-order valence-corrected chi connectivity index (χ0v) is 21.9. The second-order valence-electron chi connectivity index (χ2n) is 9.20. The molecule has 0 radical (unpaired) electrons. The standard InChI is InChI=1S/C28H26F2N4O4S/c1-38-25-16-21(28(35)34-12-10-33(11-13-34)18-19-14-22(29)17-23(30)15-19)7-8-24(25)32-39(36,37)26-6-2-4-20-5-3-9-31-27(20)26/h2-9,14-17,32H,10-13,18H2,1H3. The Labute approximate surface area is 224 Å². The first kappa shape index (κ1) is 26.5. The smallest absolute Gasteiger partial charge is 0.264 e. The number of methoxy groups -OCH3 is 1. The Balaban J connectivity index is 1.28. The number of rotatable bonds is 7. The second-order valence-corrected chi connectivity index (χ2v) is 10.8. The number of nitrogens with one attached hydrogen (secondary N) is 1. The van der Waals surface area contributed by atoms with E-state index in [0.29, 0.717) is 54.8 Å². The van der Waals surface area contributed by atoms with Gasteiger partial charge in [0.15, 0.2) is 0 Å². The van der Waals surface area contributed by atoms with Gasteiger partial charge in [-0.1, -0.05) is 18.2 Å². The van der Waals surface area contributed by atoms with Gasteiger partial charge in [-0.25, -0.2) is 17.2 Å². The number of fused-ring (bicyclic) bond motifs is 1. The van der Waals surface area contributed by atoms with E-state index in [-0.39, 0.29) is 22.2 Å². The van der Waals surface area contributed by atoms with E-state index >= 15 is 0 Å². The molecule has 1 saturated heterocycles. The zero-order chi connectivity index (χ0) is 27.6. The summed E-state index contributed by atoms with van der Waals surface area (Å²) in [5.74, 6) is -1.26. The third-order valence-corrected chi connectivity index (χ3v) is 7.96. The second kappa shape index (κ2) is 11.0. The monoisotopic (exact) mass is 552 g/mol. The zero-order valence-electron chi connectivity index (χ0n) is 21.1. The first-order chi connectivity index (χ1) is 18.7. The summed E-state index contributed by atoms with van der Waals surface area (Å²) in [4.78, 5) is 21.2. The van der Waals surface area contributed by atoms with Crippen molar-refractivity contribution in [2.75, 3.05) is 38.0 Å². The number of carbonyl (C=O) groups is 1. The minimum absolute atomic E-state index is 0.0293. The molecular weight excluding hydrogens is 526 g/mol. The van der Waals surface area contributed by atoms with Gasteiger partial charge in [0.05, 0.1) is 18.3 Å². The van der Waals surface area contributed by atoms with E-state index in [0.717, 1.165) is 6.07 Å². The maximum absolute atomic E-state index is 13.5. The molecule has 202 valence electrons. The summed E-state index contributed by atoms with van der Waals surface area (Å²) in [6.45, 7) is 2.32. The van der Waals surface area contributed by atoms with Gasteiger partial charge in [0.2, 0.25) is 0 Å². The number of sulfonamides is 1. The molecule has 0 spiro atoms. The lowest BCUT2D eigenvalue weighted by Crippen LogP contribution is -2.48. The van der Waals surface area contributed by atoms with Crippen molar-refractivity contribution < 1.29 is 26.7 Å². The number of benzene rings is 3. The van der Waals surface area contributed by atoms with Gasteiger partial charge in [-0.15, -0.1) is 0 Å². The Bertz CT molecular complexity index is 1610. The highest BCUT2D eigenvalue weighted by atomic mass is 32.2. The number of halogens is 2. The van der Waals surface area contributed by atoms with Crippen LogP contribution in [-0.2, 0) is 16.6 Å². The quantitative estimate of drug-likeness (QED) is 0.368. The fourth-order valence-electron chi connectivity index (χ4n) is 4.65. The molecule has 11 heteroatoms. The summed E-state index contributed by atoms with van der Waals surface area (Å²) in [6, 6.07) is 16.4. The summed E-state index contributed by atoms with van der Waals surface area (Å²) < 4.78 is 61.4. The number of piperazine rings is 1. The Hall–Kier alpha value is -4.09. The van der Waals surface area contributed by atoms with Crippen LogP contribution in [0.5, 0.6) is 5.75 Å². The largest absolute Gasteiger partial charge is 0.495 e. The number of anilines is 1. The highest BCUT2D eigenvalue weighted by Gasteiger charge is 2.25. The lowest BCUT2D eigenvalue weighted by molar-refractivity contribution is 0.0628. The first-order valence-electron chi connectivity index (χ1n) is 12.2. The molecule has 1 fully saturated rings. The third-order valence-electron chi connectivity index (χ3n) is 6.57. The van der Waals surface area contributed by atoms with E-state index in [9.17, 15) is 22.0 Å². The molecule has 0 unspecified atom stereocenters.